The van der Waals surface area contributed by atoms with Gasteiger partial charge in [0.1, 0.15) is 0 Å². The van der Waals surface area contributed by atoms with Crippen LogP contribution in [0, 0.1) is 0 Å². The summed E-state index contributed by atoms with van der Waals surface area (Å²) >= 11 is 0. The molecule has 0 aromatic carbocycles. The van der Waals surface area contributed by atoms with Gasteiger partial charge in [-0.3, -0.25) is 0 Å². The van der Waals surface area contributed by atoms with E-state index in [4.69, 9.17) is 0 Å². The first kappa shape index (κ1) is 13.3. The summed E-state index contributed by atoms with van der Waals surface area (Å²) in [6.45, 7) is 5.02. The van der Waals surface area contributed by atoms with Gasteiger partial charge in [-0.1, -0.05) is 6.42 Å². The summed E-state index contributed by atoms with van der Waals surface area (Å²) in [6, 6.07) is 1.59. The molecule has 1 N–H and O–H groups in total. The highest BCUT2D eigenvalue weighted by Gasteiger charge is 2.20. The summed E-state index contributed by atoms with van der Waals surface area (Å²) in [7, 11) is 4.57. The Bertz CT molecular complexity index is 214. The fraction of sp³-hybridized carbons (Fsp3) is 1.00. The van der Waals surface area contributed by atoms with E-state index in [9.17, 15) is 0 Å². The summed E-state index contributed by atoms with van der Waals surface area (Å²) in [5.41, 5.74) is 0. The minimum absolute atomic E-state index is 0.754. The summed E-state index contributed by atoms with van der Waals surface area (Å²) in [4.78, 5) is 5.08. The smallest absolute Gasteiger partial charge is 0.0195 e. The van der Waals surface area contributed by atoms with Gasteiger partial charge >= 0.3 is 0 Å². The Labute approximate surface area is 107 Å². The normalized spacial score (nSPS) is 31.2. The molecule has 0 aliphatic carbocycles. The van der Waals surface area contributed by atoms with E-state index in [2.05, 4.69) is 29.2 Å². The summed E-state index contributed by atoms with van der Waals surface area (Å²) in [6.07, 6.45) is 8.32. The molecule has 0 aromatic heterocycles. The van der Waals surface area contributed by atoms with Gasteiger partial charge < -0.3 is 15.1 Å². The molecule has 2 aliphatic rings. The number of likely N-dealkylation sites (N-methyl/N-ethyl adjacent to an activating group) is 1. The molecule has 100 valence electrons. The molecule has 2 atom stereocenters. The molecule has 17 heavy (non-hydrogen) atoms. The third kappa shape index (κ3) is 4.23. The lowest BCUT2D eigenvalue weighted by molar-refractivity contribution is 0.158. The van der Waals surface area contributed by atoms with Crippen molar-refractivity contribution in [3.63, 3.8) is 0 Å². The molecular weight excluding hydrogens is 210 g/mol. The topological polar surface area (TPSA) is 18.5 Å². The minimum atomic E-state index is 0.754. The number of likely N-dealkylation sites (tertiary alicyclic amines) is 1. The Morgan fingerprint density at radius 1 is 1.24 bits per heavy atom. The average Bonchev–Trinajstić information content (AvgIpc) is 2.81. The number of rotatable bonds is 5. The van der Waals surface area contributed by atoms with Crippen molar-refractivity contribution in [3.05, 3.63) is 0 Å². The van der Waals surface area contributed by atoms with Crippen molar-refractivity contribution in [2.24, 2.45) is 0 Å². The number of hydrogen-bond donors (Lipinski definition) is 1. The molecule has 0 radical (unpaired) electrons. The van der Waals surface area contributed by atoms with E-state index in [1.54, 1.807) is 0 Å². The van der Waals surface area contributed by atoms with Crippen molar-refractivity contribution in [1.29, 1.82) is 0 Å². The van der Waals surface area contributed by atoms with Crippen molar-refractivity contribution in [2.45, 2.75) is 50.6 Å². The minimum Gasteiger partial charge on any atom is -0.313 e. The van der Waals surface area contributed by atoms with Crippen LogP contribution in [0.1, 0.15) is 38.5 Å². The first-order valence-corrected chi connectivity index (χ1v) is 7.38. The molecule has 0 spiro atoms. The zero-order chi connectivity index (χ0) is 12.1. The zero-order valence-electron chi connectivity index (χ0n) is 11.6. The standard InChI is InChI=1S/C14H29N3/c1-16(12-13-6-5-9-15-13)11-8-14-7-3-4-10-17(14)2/h13-15H,3-12H2,1-2H3. The van der Waals surface area contributed by atoms with Crippen molar-refractivity contribution in [2.75, 3.05) is 40.3 Å². The SMILES string of the molecule is CN(CCC1CCCCN1C)CC1CCCN1. The fourth-order valence-electron chi connectivity index (χ4n) is 3.26. The van der Waals surface area contributed by atoms with Crippen molar-refractivity contribution in [1.82, 2.24) is 15.1 Å². The maximum Gasteiger partial charge on any atom is 0.0195 e. The second-order valence-electron chi connectivity index (χ2n) is 5.97. The van der Waals surface area contributed by atoms with Gasteiger partial charge in [0.05, 0.1) is 0 Å². The first-order valence-electron chi connectivity index (χ1n) is 7.38. The van der Waals surface area contributed by atoms with Crippen LogP contribution in [0.25, 0.3) is 0 Å². The molecule has 3 heteroatoms. The van der Waals surface area contributed by atoms with Gasteiger partial charge in [-0.2, -0.15) is 0 Å². The summed E-state index contributed by atoms with van der Waals surface area (Å²) < 4.78 is 0. The van der Waals surface area contributed by atoms with Gasteiger partial charge in [0.25, 0.3) is 0 Å². The van der Waals surface area contributed by atoms with Gasteiger partial charge in [0.15, 0.2) is 0 Å². The van der Waals surface area contributed by atoms with E-state index in [-0.39, 0.29) is 0 Å². The van der Waals surface area contributed by atoms with E-state index >= 15 is 0 Å². The third-order valence-electron chi connectivity index (χ3n) is 4.46. The first-order chi connectivity index (χ1) is 8.25. The maximum absolute atomic E-state index is 3.58. The van der Waals surface area contributed by atoms with E-state index < -0.39 is 0 Å². The number of nitrogens with zero attached hydrogens (tertiary/aromatic N) is 2. The molecule has 2 unspecified atom stereocenters. The number of nitrogens with one attached hydrogen (secondary N) is 1. The Hall–Kier alpha value is -0.120. The molecule has 2 heterocycles. The Kier molecular flexibility index (Phi) is 5.26. The lowest BCUT2D eigenvalue weighted by Crippen LogP contribution is -2.40. The van der Waals surface area contributed by atoms with Crippen LogP contribution >= 0.6 is 0 Å². The molecule has 0 bridgehead atoms. The molecule has 2 aliphatic heterocycles. The molecule has 0 amide bonds. The lowest BCUT2D eigenvalue weighted by atomic mass is 10.00. The quantitative estimate of drug-likeness (QED) is 0.785. The molecular formula is C14H29N3. The van der Waals surface area contributed by atoms with E-state index in [0.29, 0.717) is 0 Å². The highest BCUT2D eigenvalue weighted by molar-refractivity contribution is 4.79. The van der Waals surface area contributed by atoms with Gasteiger partial charge in [0, 0.05) is 18.6 Å². The van der Waals surface area contributed by atoms with Crippen molar-refractivity contribution in [3.8, 4) is 0 Å². The van der Waals surface area contributed by atoms with E-state index in [0.717, 1.165) is 12.1 Å². The van der Waals surface area contributed by atoms with Gasteiger partial charge in [-0.25, -0.2) is 0 Å². The third-order valence-corrected chi connectivity index (χ3v) is 4.46. The van der Waals surface area contributed by atoms with Crippen molar-refractivity contribution >= 4 is 0 Å². The molecule has 0 saturated carbocycles. The average molecular weight is 239 g/mol. The molecule has 2 rings (SSSR count). The molecule has 3 nitrogen and oxygen atoms in total. The summed E-state index contributed by atoms with van der Waals surface area (Å²) in [5, 5.41) is 3.58. The lowest BCUT2D eigenvalue weighted by Gasteiger charge is -2.33. The summed E-state index contributed by atoms with van der Waals surface area (Å²) in [5.74, 6) is 0. The second-order valence-corrected chi connectivity index (χ2v) is 5.97. The highest BCUT2D eigenvalue weighted by Crippen LogP contribution is 2.18. The highest BCUT2D eigenvalue weighted by atomic mass is 15.2. The predicted octanol–water partition coefficient (Wildman–Crippen LogP) is 1.54. The largest absolute Gasteiger partial charge is 0.313 e. The number of piperidine rings is 1. The Balaban J connectivity index is 1.62. The zero-order valence-corrected chi connectivity index (χ0v) is 11.6. The van der Waals surface area contributed by atoms with Crippen LogP contribution in [0.15, 0.2) is 0 Å². The number of hydrogen-bond acceptors (Lipinski definition) is 3. The van der Waals surface area contributed by atoms with Crippen LogP contribution in [-0.2, 0) is 0 Å². The second kappa shape index (κ2) is 6.72. The predicted molar refractivity (Wildman–Crippen MR) is 73.4 cm³/mol. The molecule has 2 fully saturated rings. The van der Waals surface area contributed by atoms with Crippen LogP contribution in [-0.4, -0.2) is 62.2 Å². The van der Waals surface area contributed by atoms with Crippen LogP contribution in [0.5, 0.6) is 0 Å². The van der Waals surface area contributed by atoms with Crippen LogP contribution in [0.3, 0.4) is 0 Å². The van der Waals surface area contributed by atoms with Gasteiger partial charge in [-0.05, 0) is 65.8 Å². The molecule has 2 saturated heterocycles. The monoisotopic (exact) mass is 239 g/mol. The van der Waals surface area contributed by atoms with E-state index in [1.165, 1.54) is 64.7 Å². The van der Waals surface area contributed by atoms with Crippen LogP contribution in [0.4, 0.5) is 0 Å². The maximum atomic E-state index is 3.58. The van der Waals surface area contributed by atoms with E-state index in [1.807, 2.05) is 0 Å². The van der Waals surface area contributed by atoms with Gasteiger partial charge in [0.2, 0.25) is 0 Å². The Morgan fingerprint density at radius 3 is 2.82 bits per heavy atom. The molecule has 0 aromatic rings. The van der Waals surface area contributed by atoms with Crippen LogP contribution in [0.2, 0.25) is 0 Å². The van der Waals surface area contributed by atoms with Gasteiger partial charge in [-0.15, -0.1) is 0 Å². The van der Waals surface area contributed by atoms with Crippen LogP contribution < -0.4 is 5.32 Å². The Morgan fingerprint density at radius 2 is 2.12 bits per heavy atom. The van der Waals surface area contributed by atoms with Crippen molar-refractivity contribution < 1.29 is 0 Å². The fourth-order valence-corrected chi connectivity index (χ4v) is 3.26.